The summed E-state index contributed by atoms with van der Waals surface area (Å²) in [6, 6.07) is 13.7. The van der Waals surface area contributed by atoms with Gasteiger partial charge in [0.2, 0.25) is 5.91 Å². The maximum atomic E-state index is 12.1. The molecule has 0 radical (unpaired) electrons. The Kier molecular flexibility index (Phi) is 3.92. The third-order valence-corrected chi connectivity index (χ3v) is 3.75. The van der Waals surface area contributed by atoms with Crippen LogP contribution in [0.3, 0.4) is 0 Å². The Morgan fingerprint density at radius 3 is 2.68 bits per heavy atom. The van der Waals surface area contributed by atoms with E-state index in [2.05, 4.69) is 14.7 Å². The summed E-state index contributed by atoms with van der Waals surface area (Å²) in [7, 11) is 0. The topological polar surface area (TPSA) is 46.4 Å². The number of aryl methyl sites for hydroxylation is 3. The Bertz CT molecular complexity index is 803. The van der Waals surface area contributed by atoms with Gasteiger partial charge in [0, 0.05) is 24.0 Å². The van der Waals surface area contributed by atoms with Gasteiger partial charge in [-0.2, -0.15) is 0 Å². The molecule has 3 rings (SSSR count). The highest BCUT2D eigenvalue weighted by atomic mass is 16.1. The van der Waals surface area contributed by atoms with Crippen LogP contribution in [0.5, 0.6) is 0 Å². The fraction of sp³-hybridized carbons (Fsp3) is 0.222. The molecule has 3 aromatic rings. The molecule has 4 heteroatoms. The molecule has 0 saturated carbocycles. The number of rotatable bonds is 4. The highest BCUT2D eigenvalue weighted by Crippen LogP contribution is 2.14. The number of carbonyl (C=O) groups is 1. The molecule has 22 heavy (non-hydrogen) atoms. The van der Waals surface area contributed by atoms with Gasteiger partial charge in [0.1, 0.15) is 5.65 Å². The summed E-state index contributed by atoms with van der Waals surface area (Å²) < 4.78 is 2.05. The molecule has 2 aromatic heterocycles. The van der Waals surface area contributed by atoms with E-state index in [4.69, 9.17) is 0 Å². The fourth-order valence-corrected chi connectivity index (χ4v) is 2.56. The first-order valence-electron chi connectivity index (χ1n) is 7.42. The van der Waals surface area contributed by atoms with Crippen LogP contribution < -0.4 is 5.32 Å². The van der Waals surface area contributed by atoms with Crippen molar-refractivity contribution >= 4 is 17.2 Å². The van der Waals surface area contributed by atoms with Crippen molar-refractivity contribution in [2.24, 2.45) is 0 Å². The molecule has 4 nitrogen and oxygen atoms in total. The number of hydrogen-bond donors (Lipinski definition) is 1. The zero-order valence-corrected chi connectivity index (χ0v) is 12.8. The molecule has 0 aliphatic carbocycles. The van der Waals surface area contributed by atoms with Crippen LogP contribution >= 0.6 is 0 Å². The van der Waals surface area contributed by atoms with Crippen molar-refractivity contribution < 1.29 is 4.79 Å². The number of hydrogen-bond acceptors (Lipinski definition) is 2. The lowest BCUT2D eigenvalue weighted by atomic mass is 10.2. The lowest BCUT2D eigenvalue weighted by molar-refractivity contribution is -0.116. The van der Waals surface area contributed by atoms with Crippen LogP contribution in [0.25, 0.3) is 5.65 Å². The normalized spacial score (nSPS) is 10.8. The zero-order chi connectivity index (χ0) is 15.5. The van der Waals surface area contributed by atoms with E-state index in [-0.39, 0.29) is 5.91 Å². The molecule has 0 aliphatic rings. The molecular weight excluding hydrogens is 274 g/mol. The number of nitrogens with one attached hydrogen (secondary N) is 1. The van der Waals surface area contributed by atoms with E-state index in [1.165, 1.54) is 5.56 Å². The summed E-state index contributed by atoms with van der Waals surface area (Å²) in [6.45, 7) is 4.01. The molecule has 1 amide bonds. The van der Waals surface area contributed by atoms with Crippen molar-refractivity contribution in [1.29, 1.82) is 0 Å². The van der Waals surface area contributed by atoms with Gasteiger partial charge in [-0.05, 0) is 44.5 Å². The van der Waals surface area contributed by atoms with Crippen molar-refractivity contribution in [3.05, 3.63) is 65.6 Å². The Labute approximate surface area is 129 Å². The molecule has 0 atom stereocenters. The van der Waals surface area contributed by atoms with E-state index in [1.807, 2.05) is 62.5 Å². The number of fused-ring (bicyclic) bond motifs is 1. The second-order valence-corrected chi connectivity index (χ2v) is 5.49. The molecule has 0 bridgehead atoms. The molecule has 1 aromatic carbocycles. The molecule has 0 fully saturated rings. The molecule has 2 heterocycles. The SMILES string of the molecule is Cc1ccc(NC(=O)CCc2c(C)nc3ccccn23)cc1. The molecular formula is C18H19N3O. The lowest BCUT2D eigenvalue weighted by Gasteiger charge is -2.06. The number of nitrogens with zero attached hydrogens (tertiary/aromatic N) is 2. The maximum absolute atomic E-state index is 12.1. The number of anilines is 1. The second kappa shape index (κ2) is 6.02. The van der Waals surface area contributed by atoms with Gasteiger partial charge in [0.15, 0.2) is 0 Å². The Morgan fingerprint density at radius 2 is 1.91 bits per heavy atom. The first-order chi connectivity index (χ1) is 10.6. The summed E-state index contributed by atoms with van der Waals surface area (Å²) >= 11 is 0. The van der Waals surface area contributed by atoms with Gasteiger partial charge in [-0.1, -0.05) is 23.8 Å². The minimum atomic E-state index is 0.0223. The molecule has 0 aliphatic heterocycles. The zero-order valence-electron chi connectivity index (χ0n) is 12.8. The fourth-order valence-electron chi connectivity index (χ4n) is 2.56. The summed E-state index contributed by atoms with van der Waals surface area (Å²) in [5.41, 5.74) is 5.02. The van der Waals surface area contributed by atoms with Crippen molar-refractivity contribution in [2.75, 3.05) is 5.32 Å². The van der Waals surface area contributed by atoms with Crippen LogP contribution in [0.1, 0.15) is 23.4 Å². The molecule has 0 spiro atoms. The van der Waals surface area contributed by atoms with Crippen LogP contribution in [0.4, 0.5) is 5.69 Å². The van der Waals surface area contributed by atoms with Gasteiger partial charge in [-0.15, -0.1) is 0 Å². The second-order valence-electron chi connectivity index (χ2n) is 5.49. The Morgan fingerprint density at radius 1 is 1.14 bits per heavy atom. The number of carbonyl (C=O) groups excluding carboxylic acids is 1. The van der Waals surface area contributed by atoms with Crippen molar-refractivity contribution in [1.82, 2.24) is 9.38 Å². The van der Waals surface area contributed by atoms with E-state index >= 15 is 0 Å². The summed E-state index contributed by atoms with van der Waals surface area (Å²) in [6.07, 6.45) is 3.11. The summed E-state index contributed by atoms with van der Waals surface area (Å²) in [5.74, 6) is 0.0223. The largest absolute Gasteiger partial charge is 0.326 e. The van der Waals surface area contributed by atoms with E-state index in [9.17, 15) is 4.79 Å². The predicted molar refractivity (Wildman–Crippen MR) is 88.1 cm³/mol. The van der Waals surface area contributed by atoms with E-state index in [1.54, 1.807) is 0 Å². The Hall–Kier alpha value is -2.62. The number of pyridine rings is 1. The molecule has 0 unspecified atom stereocenters. The quantitative estimate of drug-likeness (QED) is 0.800. The van der Waals surface area contributed by atoms with E-state index in [0.29, 0.717) is 12.8 Å². The smallest absolute Gasteiger partial charge is 0.224 e. The highest BCUT2D eigenvalue weighted by molar-refractivity contribution is 5.90. The monoisotopic (exact) mass is 293 g/mol. The highest BCUT2D eigenvalue weighted by Gasteiger charge is 2.10. The van der Waals surface area contributed by atoms with Crippen molar-refractivity contribution in [2.45, 2.75) is 26.7 Å². The average molecular weight is 293 g/mol. The van der Waals surface area contributed by atoms with Gasteiger partial charge in [0.25, 0.3) is 0 Å². The first kappa shape index (κ1) is 14.3. The average Bonchev–Trinajstić information content (AvgIpc) is 2.83. The van der Waals surface area contributed by atoms with Gasteiger partial charge < -0.3 is 9.72 Å². The van der Waals surface area contributed by atoms with E-state index in [0.717, 1.165) is 22.7 Å². The lowest BCUT2D eigenvalue weighted by Crippen LogP contribution is -2.13. The van der Waals surface area contributed by atoms with Crippen molar-refractivity contribution in [3.63, 3.8) is 0 Å². The number of imidazole rings is 1. The third kappa shape index (κ3) is 3.01. The van der Waals surface area contributed by atoms with Crippen LogP contribution in [0.15, 0.2) is 48.7 Å². The van der Waals surface area contributed by atoms with Crippen molar-refractivity contribution in [3.8, 4) is 0 Å². The van der Waals surface area contributed by atoms with Gasteiger partial charge >= 0.3 is 0 Å². The van der Waals surface area contributed by atoms with Crippen LogP contribution in [-0.2, 0) is 11.2 Å². The number of benzene rings is 1. The number of amides is 1. The standard InChI is InChI=1S/C18H19N3O/c1-13-6-8-15(9-7-13)20-18(22)11-10-16-14(2)19-17-5-3-4-12-21(16)17/h3-9,12H,10-11H2,1-2H3,(H,20,22). The van der Waals surface area contributed by atoms with Gasteiger partial charge in [0.05, 0.1) is 5.69 Å². The molecule has 1 N–H and O–H groups in total. The third-order valence-electron chi connectivity index (χ3n) is 3.75. The minimum absolute atomic E-state index is 0.0223. The minimum Gasteiger partial charge on any atom is -0.326 e. The number of aromatic nitrogens is 2. The van der Waals surface area contributed by atoms with Gasteiger partial charge in [-0.25, -0.2) is 4.98 Å². The first-order valence-corrected chi connectivity index (χ1v) is 7.42. The van der Waals surface area contributed by atoms with Crippen LogP contribution in [0.2, 0.25) is 0 Å². The van der Waals surface area contributed by atoms with Crippen LogP contribution in [-0.4, -0.2) is 15.3 Å². The molecule has 0 saturated heterocycles. The Balaban J connectivity index is 1.67. The summed E-state index contributed by atoms with van der Waals surface area (Å²) in [5, 5.41) is 2.93. The van der Waals surface area contributed by atoms with Crippen LogP contribution in [0, 0.1) is 13.8 Å². The predicted octanol–water partition coefficient (Wildman–Crippen LogP) is 3.52. The summed E-state index contributed by atoms with van der Waals surface area (Å²) in [4.78, 5) is 16.6. The van der Waals surface area contributed by atoms with Gasteiger partial charge in [-0.3, -0.25) is 4.79 Å². The molecule has 112 valence electrons. The van der Waals surface area contributed by atoms with E-state index < -0.39 is 0 Å². The maximum Gasteiger partial charge on any atom is 0.224 e.